The van der Waals surface area contributed by atoms with Crippen LogP contribution in [0.4, 0.5) is 18.9 Å². The molecule has 0 aliphatic rings. The monoisotopic (exact) mass is 274 g/mol. The van der Waals surface area contributed by atoms with Crippen LogP contribution in [0.15, 0.2) is 18.2 Å². The number of rotatable bonds is 6. The molecule has 0 radical (unpaired) electrons. The zero-order valence-corrected chi connectivity index (χ0v) is 11.6. The highest BCUT2D eigenvalue weighted by Gasteiger charge is 2.34. The van der Waals surface area contributed by atoms with Crippen molar-refractivity contribution in [2.45, 2.75) is 33.0 Å². The third kappa shape index (κ3) is 4.42. The Labute approximate surface area is 112 Å². The number of alkyl halides is 3. The Hall–Kier alpha value is -1.23. The second-order valence-electron chi connectivity index (χ2n) is 4.54. The molecule has 0 fully saturated rings. The van der Waals surface area contributed by atoms with Gasteiger partial charge in [0.25, 0.3) is 0 Å². The van der Waals surface area contributed by atoms with Gasteiger partial charge < -0.3 is 10.2 Å². The molecule has 0 aromatic heterocycles. The van der Waals surface area contributed by atoms with E-state index >= 15 is 0 Å². The average molecular weight is 274 g/mol. The summed E-state index contributed by atoms with van der Waals surface area (Å²) in [5.41, 5.74) is 0.330. The second kappa shape index (κ2) is 6.80. The van der Waals surface area contributed by atoms with Crippen LogP contribution in [-0.4, -0.2) is 20.1 Å². The van der Waals surface area contributed by atoms with Gasteiger partial charge in [0.1, 0.15) is 0 Å². The largest absolute Gasteiger partial charge is 0.418 e. The minimum absolute atomic E-state index is 0.231. The lowest BCUT2D eigenvalue weighted by Crippen LogP contribution is -2.21. The van der Waals surface area contributed by atoms with E-state index in [0.717, 1.165) is 13.0 Å². The molecule has 19 heavy (non-hydrogen) atoms. The summed E-state index contributed by atoms with van der Waals surface area (Å²) in [6.45, 7) is 5.66. The smallest absolute Gasteiger partial charge is 0.374 e. The predicted molar refractivity (Wildman–Crippen MR) is 72.4 cm³/mol. The maximum Gasteiger partial charge on any atom is 0.418 e. The maximum atomic E-state index is 13.1. The number of hydrogen-bond donors (Lipinski definition) is 1. The van der Waals surface area contributed by atoms with Crippen LogP contribution in [-0.2, 0) is 12.7 Å². The van der Waals surface area contributed by atoms with Crippen LogP contribution in [0.25, 0.3) is 0 Å². The molecule has 0 unspecified atom stereocenters. The average Bonchev–Trinajstić information content (AvgIpc) is 2.37. The van der Waals surface area contributed by atoms with Crippen LogP contribution in [0, 0.1) is 0 Å². The van der Waals surface area contributed by atoms with Crippen LogP contribution in [0.3, 0.4) is 0 Å². The Morgan fingerprint density at radius 1 is 1.21 bits per heavy atom. The zero-order chi connectivity index (χ0) is 14.5. The third-order valence-corrected chi connectivity index (χ3v) is 3.01. The summed E-state index contributed by atoms with van der Waals surface area (Å²) in [6.07, 6.45) is -3.36. The number of nitrogens with zero attached hydrogens (tertiary/aromatic N) is 1. The molecule has 1 aromatic rings. The van der Waals surface area contributed by atoms with E-state index in [1.165, 1.54) is 6.07 Å². The lowest BCUT2D eigenvalue weighted by molar-refractivity contribution is -0.137. The van der Waals surface area contributed by atoms with Crippen molar-refractivity contribution in [3.8, 4) is 0 Å². The maximum absolute atomic E-state index is 13.1. The van der Waals surface area contributed by atoms with Crippen molar-refractivity contribution in [1.29, 1.82) is 0 Å². The van der Waals surface area contributed by atoms with E-state index in [9.17, 15) is 13.2 Å². The Morgan fingerprint density at radius 2 is 1.89 bits per heavy atom. The van der Waals surface area contributed by atoms with Gasteiger partial charge >= 0.3 is 6.18 Å². The van der Waals surface area contributed by atoms with E-state index in [4.69, 9.17) is 0 Å². The molecular formula is C14H21F3N2. The lowest BCUT2D eigenvalue weighted by Gasteiger charge is -2.22. The lowest BCUT2D eigenvalue weighted by atomic mass is 10.1. The van der Waals surface area contributed by atoms with Gasteiger partial charge in [0.05, 0.1) is 5.56 Å². The van der Waals surface area contributed by atoms with Crippen molar-refractivity contribution in [3.63, 3.8) is 0 Å². The molecule has 0 aliphatic carbocycles. The van der Waals surface area contributed by atoms with Crippen molar-refractivity contribution >= 4 is 5.69 Å². The Morgan fingerprint density at radius 3 is 2.42 bits per heavy atom. The van der Waals surface area contributed by atoms with Gasteiger partial charge in [-0.2, -0.15) is 13.2 Å². The molecule has 5 heteroatoms. The molecule has 0 saturated heterocycles. The normalized spacial score (nSPS) is 11.7. The van der Waals surface area contributed by atoms with Gasteiger partial charge in [0, 0.05) is 25.8 Å². The molecule has 0 atom stereocenters. The van der Waals surface area contributed by atoms with Crippen LogP contribution in [0.5, 0.6) is 0 Å². The van der Waals surface area contributed by atoms with E-state index in [2.05, 4.69) is 5.32 Å². The fourth-order valence-electron chi connectivity index (χ4n) is 1.83. The Bertz CT molecular complexity index is 402. The Balaban J connectivity index is 3.02. The van der Waals surface area contributed by atoms with E-state index < -0.39 is 11.7 Å². The second-order valence-corrected chi connectivity index (χ2v) is 4.54. The standard InChI is InChI=1S/C14H21F3N2/c1-4-8-18-10-11-6-7-13(19(3)5-2)12(9-11)14(15,16)17/h6-7,9,18H,4-5,8,10H2,1-3H3. The van der Waals surface area contributed by atoms with Crippen molar-refractivity contribution in [3.05, 3.63) is 29.3 Å². The minimum Gasteiger partial charge on any atom is -0.374 e. The SMILES string of the molecule is CCCNCc1ccc(N(C)CC)c(C(F)(F)F)c1. The molecular weight excluding hydrogens is 253 g/mol. The van der Waals surface area contributed by atoms with Crippen LogP contribution in [0.1, 0.15) is 31.4 Å². The number of benzene rings is 1. The van der Waals surface area contributed by atoms with Gasteiger partial charge in [-0.1, -0.05) is 13.0 Å². The van der Waals surface area contributed by atoms with E-state index in [0.29, 0.717) is 18.7 Å². The third-order valence-electron chi connectivity index (χ3n) is 3.01. The van der Waals surface area contributed by atoms with Gasteiger partial charge in [0.15, 0.2) is 0 Å². The summed E-state index contributed by atoms with van der Waals surface area (Å²) in [6, 6.07) is 4.54. The van der Waals surface area contributed by atoms with Crippen LogP contribution < -0.4 is 10.2 Å². The molecule has 2 nitrogen and oxygen atoms in total. The first kappa shape index (κ1) is 15.8. The van der Waals surface area contributed by atoms with Crippen molar-refractivity contribution in [1.82, 2.24) is 5.32 Å². The molecule has 0 aliphatic heterocycles. The first-order valence-electron chi connectivity index (χ1n) is 6.52. The molecule has 0 spiro atoms. The van der Waals surface area contributed by atoms with Gasteiger partial charge in [-0.15, -0.1) is 0 Å². The summed E-state index contributed by atoms with van der Waals surface area (Å²) in [5.74, 6) is 0. The van der Waals surface area contributed by atoms with Crippen molar-refractivity contribution in [2.75, 3.05) is 25.0 Å². The molecule has 0 amide bonds. The van der Waals surface area contributed by atoms with E-state index in [-0.39, 0.29) is 5.69 Å². The van der Waals surface area contributed by atoms with Crippen molar-refractivity contribution in [2.24, 2.45) is 0 Å². The number of hydrogen-bond acceptors (Lipinski definition) is 2. The first-order valence-corrected chi connectivity index (χ1v) is 6.52. The summed E-state index contributed by atoms with van der Waals surface area (Å²) in [5, 5.41) is 3.11. The van der Waals surface area contributed by atoms with Crippen LogP contribution >= 0.6 is 0 Å². The fourth-order valence-corrected chi connectivity index (χ4v) is 1.83. The van der Waals surface area contributed by atoms with Crippen LogP contribution in [0.2, 0.25) is 0 Å². The zero-order valence-electron chi connectivity index (χ0n) is 11.6. The number of nitrogens with one attached hydrogen (secondary N) is 1. The van der Waals surface area contributed by atoms with Gasteiger partial charge in [-0.25, -0.2) is 0 Å². The molecule has 0 heterocycles. The molecule has 0 saturated carbocycles. The predicted octanol–water partition coefficient (Wildman–Crippen LogP) is 3.66. The number of anilines is 1. The topological polar surface area (TPSA) is 15.3 Å². The molecule has 1 aromatic carbocycles. The van der Waals surface area contributed by atoms with Crippen molar-refractivity contribution < 1.29 is 13.2 Å². The molecule has 1 N–H and O–H groups in total. The minimum atomic E-state index is -4.32. The summed E-state index contributed by atoms with van der Waals surface area (Å²) >= 11 is 0. The van der Waals surface area contributed by atoms with Gasteiger partial charge in [-0.05, 0) is 37.6 Å². The summed E-state index contributed by atoms with van der Waals surface area (Å²) < 4.78 is 39.2. The highest BCUT2D eigenvalue weighted by Crippen LogP contribution is 2.36. The number of halogens is 3. The fraction of sp³-hybridized carbons (Fsp3) is 0.571. The molecule has 0 bridgehead atoms. The van der Waals surface area contributed by atoms with E-state index in [1.54, 1.807) is 24.1 Å². The highest BCUT2D eigenvalue weighted by atomic mass is 19.4. The van der Waals surface area contributed by atoms with Gasteiger partial charge in [-0.3, -0.25) is 0 Å². The van der Waals surface area contributed by atoms with E-state index in [1.807, 2.05) is 13.8 Å². The summed E-state index contributed by atoms with van der Waals surface area (Å²) in [4.78, 5) is 1.60. The molecule has 108 valence electrons. The van der Waals surface area contributed by atoms with Gasteiger partial charge in [0.2, 0.25) is 0 Å². The first-order chi connectivity index (χ1) is 8.90. The Kier molecular flexibility index (Phi) is 5.66. The highest BCUT2D eigenvalue weighted by molar-refractivity contribution is 5.55. The molecule has 1 rings (SSSR count). The summed E-state index contributed by atoms with van der Waals surface area (Å²) in [7, 11) is 1.67. The quantitative estimate of drug-likeness (QED) is 0.796.